The second kappa shape index (κ2) is 6.58. The van der Waals surface area contributed by atoms with Crippen LogP contribution in [0.2, 0.25) is 0 Å². The first-order chi connectivity index (χ1) is 10.0. The number of carbonyl (C=O) groups excluding carboxylic acids is 1. The summed E-state index contributed by atoms with van der Waals surface area (Å²) in [6.45, 7) is 2.19. The molecule has 1 aromatic carbocycles. The van der Waals surface area contributed by atoms with E-state index in [4.69, 9.17) is 0 Å². The number of carbonyl (C=O) groups is 2. The number of piperidine rings is 1. The Morgan fingerprint density at radius 1 is 1.38 bits per heavy atom. The number of hydrogen-bond acceptors (Lipinski definition) is 3. The van der Waals surface area contributed by atoms with Crippen molar-refractivity contribution in [2.45, 2.75) is 32.2 Å². The van der Waals surface area contributed by atoms with Gasteiger partial charge >= 0.3 is 12.0 Å². The molecule has 0 bridgehead atoms. The number of nitrogens with zero attached hydrogens (tertiary/aromatic N) is 1. The van der Waals surface area contributed by atoms with Crippen LogP contribution >= 0.6 is 0 Å². The summed E-state index contributed by atoms with van der Waals surface area (Å²) in [4.78, 5) is 25.2. The van der Waals surface area contributed by atoms with Gasteiger partial charge in [0.05, 0.1) is 23.9 Å². The van der Waals surface area contributed by atoms with Crippen molar-refractivity contribution in [1.29, 1.82) is 0 Å². The molecule has 1 fully saturated rings. The van der Waals surface area contributed by atoms with Gasteiger partial charge in [0.25, 0.3) is 0 Å². The fourth-order valence-electron chi connectivity index (χ4n) is 2.70. The quantitative estimate of drug-likeness (QED) is 0.795. The van der Waals surface area contributed by atoms with Gasteiger partial charge in [0.1, 0.15) is 0 Å². The first-order valence-electron chi connectivity index (χ1n) is 7.06. The lowest BCUT2D eigenvalue weighted by Crippen LogP contribution is -2.47. The van der Waals surface area contributed by atoms with Crippen LogP contribution in [0.25, 0.3) is 0 Å². The molecule has 6 nitrogen and oxygen atoms in total. The summed E-state index contributed by atoms with van der Waals surface area (Å²) in [5.41, 5.74) is 0.982. The fraction of sp³-hybridized carbons (Fsp3) is 0.467. The number of carboxylic acids is 1. The van der Waals surface area contributed by atoms with Crippen LogP contribution < -0.4 is 5.32 Å². The highest BCUT2D eigenvalue weighted by Crippen LogP contribution is 2.22. The lowest BCUT2D eigenvalue weighted by atomic mass is 10.0. The highest BCUT2D eigenvalue weighted by molar-refractivity contribution is 6.01. The summed E-state index contributed by atoms with van der Waals surface area (Å²) in [6, 6.07) is 4.42. The molecular weight excluding hydrogens is 272 g/mol. The molecule has 0 radical (unpaired) electrons. The number of aryl methyl sites for hydroxylation is 1. The molecule has 1 aromatic rings. The van der Waals surface area contributed by atoms with Crippen molar-refractivity contribution in [1.82, 2.24) is 4.90 Å². The smallest absolute Gasteiger partial charge is 0.338 e. The number of rotatable bonds is 3. The summed E-state index contributed by atoms with van der Waals surface area (Å²) in [5, 5.41) is 21.3. The molecule has 1 saturated heterocycles. The fourth-order valence-corrected chi connectivity index (χ4v) is 2.70. The minimum Gasteiger partial charge on any atom is -0.478 e. The molecule has 0 aliphatic carbocycles. The zero-order valence-electron chi connectivity index (χ0n) is 12.0. The van der Waals surface area contributed by atoms with E-state index in [2.05, 4.69) is 5.32 Å². The molecule has 1 aliphatic heterocycles. The largest absolute Gasteiger partial charge is 0.478 e. The minimum atomic E-state index is -1.07. The molecule has 21 heavy (non-hydrogen) atoms. The molecule has 0 spiro atoms. The third-order valence-electron chi connectivity index (χ3n) is 3.83. The molecule has 0 aromatic heterocycles. The summed E-state index contributed by atoms with van der Waals surface area (Å²) < 4.78 is 0. The predicted octanol–water partition coefficient (Wildman–Crippen LogP) is 2.07. The van der Waals surface area contributed by atoms with Gasteiger partial charge in [0, 0.05) is 6.54 Å². The van der Waals surface area contributed by atoms with Crippen LogP contribution in [0.15, 0.2) is 18.2 Å². The van der Waals surface area contributed by atoms with Crippen LogP contribution in [0.1, 0.15) is 35.2 Å². The van der Waals surface area contributed by atoms with E-state index < -0.39 is 5.97 Å². The van der Waals surface area contributed by atoms with Crippen LogP contribution in [-0.2, 0) is 0 Å². The average molecular weight is 292 g/mol. The van der Waals surface area contributed by atoms with Crippen LogP contribution in [0.5, 0.6) is 0 Å². The number of anilines is 1. The van der Waals surface area contributed by atoms with Gasteiger partial charge in [0.15, 0.2) is 0 Å². The van der Waals surface area contributed by atoms with Crippen LogP contribution in [0.4, 0.5) is 10.5 Å². The van der Waals surface area contributed by atoms with Gasteiger partial charge in [-0.25, -0.2) is 9.59 Å². The van der Waals surface area contributed by atoms with Crippen molar-refractivity contribution in [3.05, 3.63) is 29.3 Å². The Balaban J connectivity index is 2.19. The second-order valence-corrected chi connectivity index (χ2v) is 5.26. The molecule has 6 heteroatoms. The molecule has 1 atom stereocenters. The molecule has 2 amide bonds. The van der Waals surface area contributed by atoms with Gasteiger partial charge in [-0.3, -0.25) is 0 Å². The Labute approximate surface area is 123 Å². The van der Waals surface area contributed by atoms with Gasteiger partial charge in [0.2, 0.25) is 0 Å². The van der Waals surface area contributed by atoms with Crippen LogP contribution in [0, 0.1) is 6.92 Å². The SMILES string of the molecule is Cc1cccc(NC(=O)N2CCCCC2CO)c1C(=O)O. The molecule has 1 aliphatic rings. The standard InChI is InChI=1S/C15H20N2O4/c1-10-5-4-7-12(13(10)14(19)20)16-15(21)17-8-3-2-6-11(17)9-18/h4-5,7,11,18H,2-3,6,8-9H2,1H3,(H,16,21)(H,19,20). The number of hydrogen-bond donors (Lipinski definition) is 3. The number of benzene rings is 1. The van der Waals surface area contributed by atoms with E-state index in [1.165, 1.54) is 0 Å². The van der Waals surface area contributed by atoms with Crippen molar-refractivity contribution in [3.8, 4) is 0 Å². The first-order valence-corrected chi connectivity index (χ1v) is 7.06. The molecule has 3 N–H and O–H groups in total. The highest BCUT2D eigenvalue weighted by atomic mass is 16.4. The van der Waals surface area contributed by atoms with Gasteiger partial charge in [-0.2, -0.15) is 0 Å². The Kier molecular flexibility index (Phi) is 4.80. The number of urea groups is 1. The molecule has 114 valence electrons. The van der Waals surface area contributed by atoms with Crippen molar-refractivity contribution < 1.29 is 19.8 Å². The molecule has 0 saturated carbocycles. The van der Waals surface area contributed by atoms with Crippen molar-refractivity contribution in [3.63, 3.8) is 0 Å². The summed E-state index contributed by atoms with van der Waals surface area (Å²) in [6.07, 6.45) is 2.65. The number of aromatic carboxylic acids is 1. The van der Waals surface area contributed by atoms with E-state index in [9.17, 15) is 19.8 Å². The maximum Gasteiger partial charge on any atom is 0.338 e. The summed E-state index contributed by atoms with van der Waals surface area (Å²) in [5.74, 6) is -1.07. The van der Waals surface area contributed by atoms with E-state index >= 15 is 0 Å². The van der Waals surface area contributed by atoms with E-state index in [0.717, 1.165) is 19.3 Å². The number of aliphatic hydroxyl groups excluding tert-OH is 1. The van der Waals surface area contributed by atoms with E-state index in [0.29, 0.717) is 12.1 Å². The number of aliphatic hydroxyl groups is 1. The lowest BCUT2D eigenvalue weighted by Gasteiger charge is -2.34. The third-order valence-corrected chi connectivity index (χ3v) is 3.83. The Bertz CT molecular complexity index is 544. The van der Waals surface area contributed by atoms with Gasteiger partial charge < -0.3 is 20.4 Å². The number of nitrogens with one attached hydrogen (secondary N) is 1. The van der Waals surface area contributed by atoms with Gasteiger partial charge in [-0.15, -0.1) is 0 Å². The first kappa shape index (κ1) is 15.3. The number of amides is 2. The molecule has 1 heterocycles. The van der Waals surface area contributed by atoms with Gasteiger partial charge in [-0.05, 0) is 37.8 Å². The average Bonchev–Trinajstić information content (AvgIpc) is 2.46. The lowest BCUT2D eigenvalue weighted by molar-refractivity contribution is 0.0697. The second-order valence-electron chi connectivity index (χ2n) is 5.26. The molecular formula is C15H20N2O4. The van der Waals surface area contributed by atoms with E-state index in [-0.39, 0.29) is 29.9 Å². The Hall–Kier alpha value is -2.08. The maximum atomic E-state index is 12.3. The van der Waals surface area contributed by atoms with E-state index in [1.54, 1.807) is 30.0 Å². The topological polar surface area (TPSA) is 89.9 Å². The number of carboxylic acid groups (broad SMARTS) is 1. The van der Waals surface area contributed by atoms with Crippen molar-refractivity contribution in [2.24, 2.45) is 0 Å². The van der Waals surface area contributed by atoms with Gasteiger partial charge in [-0.1, -0.05) is 12.1 Å². The molecule has 2 rings (SSSR count). The van der Waals surface area contributed by atoms with Crippen LogP contribution in [0.3, 0.4) is 0 Å². The summed E-state index contributed by atoms with van der Waals surface area (Å²) in [7, 11) is 0. The maximum absolute atomic E-state index is 12.3. The monoisotopic (exact) mass is 292 g/mol. The van der Waals surface area contributed by atoms with Crippen molar-refractivity contribution >= 4 is 17.7 Å². The van der Waals surface area contributed by atoms with E-state index in [1.807, 2.05) is 0 Å². The number of likely N-dealkylation sites (tertiary alicyclic amines) is 1. The highest BCUT2D eigenvalue weighted by Gasteiger charge is 2.27. The summed E-state index contributed by atoms with van der Waals surface area (Å²) >= 11 is 0. The normalized spacial score (nSPS) is 18.4. The zero-order valence-corrected chi connectivity index (χ0v) is 12.0. The van der Waals surface area contributed by atoms with Crippen LogP contribution in [-0.4, -0.2) is 46.3 Å². The predicted molar refractivity (Wildman–Crippen MR) is 78.6 cm³/mol. The molecule has 1 unspecified atom stereocenters. The Morgan fingerprint density at radius 3 is 2.81 bits per heavy atom. The Morgan fingerprint density at radius 2 is 2.14 bits per heavy atom. The zero-order chi connectivity index (χ0) is 15.4. The third kappa shape index (κ3) is 3.33. The van der Waals surface area contributed by atoms with Crippen molar-refractivity contribution in [2.75, 3.05) is 18.5 Å². The minimum absolute atomic E-state index is 0.0764.